The van der Waals surface area contributed by atoms with Gasteiger partial charge in [-0.2, -0.15) is 0 Å². The molecular weight excluding hydrogens is 360 g/mol. The van der Waals surface area contributed by atoms with Crippen LogP contribution >= 0.6 is 0 Å². The zero-order chi connectivity index (χ0) is 20.8. The van der Waals surface area contributed by atoms with E-state index >= 15 is 0 Å². The Morgan fingerprint density at radius 3 is 2.39 bits per heavy atom. The van der Waals surface area contributed by atoms with Crippen molar-refractivity contribution in [2.75, 3.05) is 0 Å². The molecule has 1 fully saturated rings. The van der Waals surface area contributed by atoms with E-state index in [1.54, 1.807) is 0 Å². The number of aliphatic hydroxyl groups is 3. The van der Waals surface area contributed by atoms with Crippen molar-refractivity contribution in [1.82, 2.24) is 0 Å². The van der Waals surface area contributed by atoms with Gasteiger partial charge in [0.15, 0.2) is 0 Å². The molecule has 6 heteroatoms. The maximum atomic E-state index is 10.5. The molecular formula is C22H34O6. The summed E-state index contributed by atoms with van der Waals surface area (Å²) >= 11 is 0. The molecule has 1 aliphatic rings. The molecule has 158 valence electrons. The zero-order valence-electron chi connectivity index (χ0n) is 16.6. The van der Waals surface area contributed by atoms with Gasteiger partial charge in [-0.3, -0.25) is 4.79 Å². The lowest BCUT2D eigenvalue weighted by Gasteiger charge is -2.16. The summed E-state index contributed by atoms with van der Waals surface area (Å²) in [4.78, 5) is 10.5. The van der Waals surface area contributed by atoms with E-state index in [4.69, 9.17) is 9.84 Å². The monoisotopic (exact) mass is 394 g/mol. The highest BCUT2D eigenvalue weighted by Crippen LogP contribution is 2.25. The van der Waals surface area contributed by atoms with Crippen LogP contribution in [0.4, 0.5) is 0 Å². The Kier molecular flexibility index (Phi) is 12.4. The Hall–Kier alpha value is -1.73. The Balaban J connectivity index is 2.31. The molecule has 0 bridgehead atoms. The number of carboxylic acid groups (broad SMARTS) is 1. The predicted octanol–water partition coefficient (Wildman–Crippen LogP) is 2.90. The third-order valence-corrected chi connectivity index (χ3v) is 4.45. The second kappa shape index (κ2) is 14.3. The summed E-state index contributed by atoms with van der Waals surface area (Å²) in [6.07, 6.45) is 15.4. The van der Waals surface area contributed by atoms with Crippen molar-refractivity contribution in [3.05, 3.63) is 48.6 Å². The van der Waals surface area contributed by atoms with Crippen molar-refractivity contribution < 1.29 is 30.0 Å². The van der Waals surface area contributed by atoms with E-state index in [-0.39, 0.29) is 12.8 Å². The third-order valence-electron chi connectivity index (χ3n) is 4.45. The fourth-order valence-electron chi connectivity index (χ4n) is 2.84. The summed E-state index contributed by atoms with van der Waals surface area (Å²) in [5.41, 5.74) is 0. The highest BCUT2D eigenvalue weighted by atomic mass is 16.5. The van der Waals surface area contributed by atoms with Crippen LogP contribution in [0, 0.1) is 0 Å². The number of rotatable bonds is 13. The normalized spacial score (nSPS) is 25.5. The fourth-order valence-corrected chi connectivity index (χ4v) is 2.84. The third kappa shape index (κ3) is 10.6. The van der Waals surface area contributed by atoms with Crippen LogP contribution in [0.25, 0.3) is 0 Å². The molecule has 0 amide bonds. The number of aliphatic carboxylic acids is 1. The van der Waals surface area contributed by atoms with E-state index in [9.17, 15) is 20.1 Å². The number of hydrogen-bond acceptors (Lipinski definition) is 5. The molecule has 0 aliphatic carbocycles. The molecule has 0 saturated carbocycles. The van der Waals surface area contributed by atoms with E-state index in [1.807, 2.05) is 12.2 Å². The van der Waals surface area contributed by atoms with Gasteiger partial charge in [-0.1, -0.05) is 55.5 Å². The van der Waals surface area contributed by atoms with Crippen LogP contribution in [0.2, 0.25) is 0 Å². The van der Waals surface area contributed by atoms with E-state index in [0.717, 1.165) is 19.3 Å². The van der Waals surface area contributed by atoms with Crippen LogP contribution in [0.3, 0.4) is 0 Å². The maximum Gasteiger partial charge on any atom is 0.303 e. The van der Waals surface area contributed by atoms with E-state index < -0.39 is 36.5 Å². The van der Waals surface area contributed by atoms with Gasteiger partial charge in [0.25, 0.3) is 0 Å². The molecule has 1 aliphatic heterocycles. The minimum Gasteiger partial charge on any atom is -0.481 e. The fraction of sp³-hybridized carbons (Fsp3) is 0.591. The molecule has 1 heterocycles. The topological polar surface area (TPSA) is 107 Å². The molecule has 4 N–H and O–H groups in total. The lowest BCUT2D eigenvalue weighted by molar-refractivity contribution is -0.137. The molecule has 6 nitrogen and oxygen atoms in total. The number of carbonyl (C=O) groups is 1. The van der Waals surface area contributed by atoms with Gasteiger partial charge in [0.05, 0.1) is 24.4 Å². The zero-order valence-corrected chi connectivity index (χ0v) is 16.6. The van der Waals surface area contributed by atoms with E-state index in [0.29, 0.717) is 12.8 Å². The number of carboxylic acids is 1. The van der Waals surface area contributed by atoms with Crippen LogP contribution in [0.15, 0.2) is 48.6 Å². The highest BCUT2D eigenvalue weighted by Gasteiger charge is 2.35. The van der Waals surface area contributed by atoms with Crippen LogP contribution in [-0.4, -0.2) is 56.9 Å². The van der Waals surface area contributed by atoms with Crippen LogP contribution in [0.5, 0.6) is 0 Å². The van der Waals surface area contributed by atoms with Crippen molar-refractivity contribution in [3.63, 3.8) is 0 Å². The summed E-state index contributed by atoms with van der Waals surface area (Å²) in [6, 6.07) is 0. The van der Waals surface area contributed by atoms with Gasteiger partial charge in [0.2, 0.25) is 0 Å². The summed E-state index contributed by atoms with van der Waals surface area (Å²) in [6.45, 7) is 2.10. The lowest BCUT2D eigenvalue weighted by atomic mass is 10.0. The molecule has 0 aromatic carbocycles. The SMILES string of the molecule is CC/C=C\C/C=C\C/C=C\C[C@H](O)[C@@H]1C[C@@H](O)[C@@H](/C=C/[C@@H](O)CCC(=O)O)O1. The number of ether oxygens (including phenoxy) is 1. The predicted molar refractivity (Wildman–Crippen MR) is 109 cm³/mol. The van der Waals surface area contributed by atoms with Crippen LogP contribution < -0.4 is 0 Å². The van der Waals surface area contributed by atoms with Crippen LogP contribution in [0.1, 0.15) is 51.9 Å². The molecule has 28 heavy (non-hydrogen) atoms. The Bertz CT molecular complexity index is 551. The Morgan fingerprint density at radius 2 is 1.75 bits per heavy atom. The van der Waals surface area contributed by atoms with Gasteiger partial charge in [0.1, 0.15) is 6.10 Å². The second-order valence-electron chi connectivity index (χ2n) is 6.92. The summed E-state index contributed by atoms with van der Waals surface area (Å²) in [7, 11) is 0. The molecule has 0 radical (unpaired) electrons. The van der Waals surface area contributed by atoms with Crippen molar-refractivity contribution in [2.45, 2.75) is 82.4 Å². The molecule has 0 aromatic heterocycles. The quantitative estimate of drug-likeness (QED) is 0.358. The van der Waals surface area contributed by atoms with Crippen molar-refractivity contribution in [1.29, 1.82) is 0 Å². The van der Waals surface area contributed by atoms with E-state index in [1.165, 1.54) is 12.2 Å². The van der Waals surface area contributed by atoms with Gasteiger partial charge >= 0.3 is 5.97 Å². The van der Waals surface area contributed by atoms with Crippen LogP contribution in [-0.2, 0) is 9.53 Å². The highest BCUT2D eigenvalue weighted by molar-refractivity contribution is 5.66. The summed E-state index contributed by atoms with van der Waals surface area (Å²) in [5.74, 6) is -0.968. The van der Waals surface area contributed by atoms with E-state index in [2.05, 4.69) is 31.2 Å². The molecule has 5 atom stereocenters. The molecule has 0 aromatic rings. The first-order chi connectivity index (χ1) is 13.4. The number of aliphatic hydroxyl groups excluding tert-OH is 3. The summed E-state index contributed by atoms with van der Waals surface area (Å²) in [5, 5.41) is 38.6. The Morgan fingerprint density at radius 1 is 1.11 bits per heavy atom. The van der Waals surface area contributed by atoms with Crippen molar-refractivity contribution in [2.24, 2.45) is 0 Å². The maximum absolute atomic E-state index is 10.5. The summed E-state index contributed by atoms with van der Waals surface area (Å²) < 4.78 is 5.67. The second-order valence-corrected chi connectivity index (χ2v) is 6.92. The number of allylic oxidation sites excluding steroid dienone is 5. The smallest absolute Gasteiger partial charge is 0.303 e. The molecule has 1 rings (SSSR count). The average molecular weight is 395 g/mol. The standard InChI is InChI=1S/C22H34O6/c1-2-3-4-5-6-7-8-9-10-11-18(24)21-16-19(25)20(28-21)14-12-17(23)13-15-22(26)27/h3-4,6-7,9-10,12,14,17-21,23-25H,2,5,8,11,13,15-16H2,1H3,(H,26,27)/b4-3-,7-6-,10-9-,14-12+/t17-,18+,19-,20-,21+/m1/s1. The Labute approximate surface area is 167 Å². The van der Waals surface area contributed by atoms with Gasteiger partial charge in [-0.05, 0) is 32.1 Å². The minimum absolute atomic E-state index is 0.106. The van der Waals surface area contributed by atoms with Gasteiger partial charge in [-0.25, -0.2) is 0 Å². The molecule has 0 spiro atoms. The molecule has 1 saturated heterocycles. The van der Waals surface area contributed by atoms with Crippen molar-refractivity contribution >= 4 is 5.97 Å². The van der Waals surface area contributed by atoms with Crippen molar-refractivity contribution in [3.8, 4) is 0 Å². The van der Waals surface area contributed by atoms with Gasteiger partial charge in [0, 0.05) is 12.8 Å². The average Bonchev–Trinajstić information content (AvgIpc) is 3.04. The van der Waals surface area contributed by atoms with Gasteiger partial charge in [-0.15, -0.1) is 0 Å². The first-order valence-corrected chi connectivity index (χ1v) is 9.98. The first kappa shape index (κ1) is 24.3. The number of hydrogen-bond donors (Lipinski definition) is 4. The largest absolute Gasteiger partial charge is 0.481 e. The molecule has 0 unspecified atom stereocenters. The lowest BCUT2D eigenvalue weighted by Crippen LogP contribution is -2.25. The minimum atomic E-state index is -0.968. The van der Waals surface area contributed by atoms with Gasteiger partial charge < -0.3 is 25.2 Å². The first-order valence-electron chi connectivity index (χ1n) is 9.98.